The third-order valence-electron chi connectivity index (χ3n) is 4.64. The number of nitrogens with two attached hydrogens (primary N) is 1. The van der Waals surface area contributed by atoms with Crippen LogP contribution in [0.4, 0.5) is 5.69 Å². The Morgan fingerprint density at radius 3 is 2.72 bits per heavy atom. The zero-order valence-electron chi connectivity index (χ0n) is 15.3. The lowest BCUT2D eigenvalue weighted by Gasteiger charge is -2.23. The Kier molecular flexibility index (Phi) is 9.85. The Bertz CT molecular complexity index is 570. The van der Waals surface area contributed by atoms with Gasteiger partial charge in [0.2, 0.25) is 5.91 Å². The van der Waals surface area contributed by atoms with Gasteiger partial charge in [0, 0.05) is 17.6 Å². The molecule has 1 fully saturated rings. The molecule has 0 aliphatic heterocycles. The van der Waals surface area contributed by atoms with Crippen LogP contribution in [0.15, 0.2) is 29.3 Å². The molecule has 0 spiro atoms. The molecule has 1 atom stereocenters. The van der Waals surface area contributed by atoms with E-state index in [9.17, 15) is 4.79 Å². The lowest BCUT2D eigenvalue weighted by Crippen LogP contribution is -2.41. The van der Waals surface area contributed by atoms with Crippen molar-refractivity contribution in [1.29, 1.82) is 0 Å². The van der Waals surface area contributed by atoms with E-state index in [1.807, 2.05) is 38.1 Å². The average Bonchev–Trinajstić information content (AvgIpc) is 2.60. The Balaban J connectivity index is 0.00000312. The number of carbonyl (C=O) groups excluding carboxylic acids is 1. The third-order valence-corrected chi connectivity index (χ3v) is 4.64. The van der Waals surface area contributed by atoms with Crippen molar-refractivity contribution in [2.45, 2.75) is 65.0 Å². The van der Waals surface area contributed by atoms with E-state index >= 15 is 0 Å². The highest BCUT2D eigenvalue weighted by atomic mass is 127. The van der Waals surface area contributed by atoms with Crippen molar-refractivity contribution in [1.82, 2.24) is 5.32 Å². The number of aliphatic imine (C=N–C) groups is 1. The number of nitrogens with zero attached hydrogens (tertiary/aromatic N) is 1. The van der Waals surface area contributed by atoms with E-state index in [2.05, 4.69) is 15.6 Å². The molecule has 0 bridgehead atoms. The van der Waals surface area contributed by atoms with Gasteiger partial charge in [-0.25, -0.2) is 4.99 Å². The lowest BCUT2D eigenvalue weighted by molar-refractivity contribution is -0.119. The van der Waals surface area contributed by atoms with Crippen molar-refractivity contribution in [3.05, 3.63) is 29.8 Å². The van der Waals surface area contributed by atoms with Crippen LogP contribution in [0.5, 0.6) is 0 Å². The maximum absolute atomic E-state index is 12.0. The van der Waals surface area contributed by atoms with Crippen molar-refractivity contribution >= 4 is 41.5 Å². The minimum Gasteiger partial charge on any atom is -0.370 e. The zero-order chi connectivity index (χ0) is 17.4. The first-order valence-electron chi connectivity index (χ1n) is 9.04. The number of rotatable bonds is 6. The summed E-state index contributed by atoms with van der Waals surface area (Å²) in [6.45, 7) is 4.46. The van der Waals surface area contributed by atoms with Crippen LogP contribution in [0.1, 0.15) is 57.9 Å². The average molecular weight is 458 g/mol. The van der Waals surface area contributed by atoms with Gasteiger partial charge in [-0.15, -0.1) is 24.0 Å². The summed E-state index contributed by atoms with van der Waals surface area (Å²) in [5.41, 5.74) is 7.84. The summed E-state index contributed by atoms with van der Waals surface area (Å²) in [5.74, 6) is 0.578. The molecule has 0 aromatic heterocycles. The van der Waals surface area contributed by atoms with E-state index in [4.69, 9.17) is 5.73 Å². The highest BCUT2D eigenvalue weighted by molar-refractivity contribution is 14.0. The van der Waals surface area contributed by atoms with Crippen LogP contribution in [0.2, 0.25) is 0 Å². The number of guanidine groups is 1. The quantitative estimate of drug-likeness (QED) is 0.342. The maximum atomic E-state index is 12.0. The summed E-state index contributed by atoms with van der Waals surface area (Å²) in [7, 11) is 0. The molecule has 5 nitrogen and oxygen atoms in total. The first kappa shape index (κ1) is 21.7. The SMILES string of the molecule is CCC(C)C(=O)Nc1cccc(CN=C(N)NC2CCCCC2)c1.I. The number of carbonyl (C=O) groups is 1. The van der Waals surface area contributed by atoms with Gasteiger partial charge in [0.05, 0.1) is 6.54 Å². The second kappa shape index (κ2) is 11.3. The predicted octanol–water partition coefficient (Wildman–Crippen LogP) is 4.03. The lowest BCUT2D eigenvalue weighted by atomic mass is 9.96. The van der Waals surface area contributed by atoms with Gasteiger partial charge >= 0.3 is 0 Å². The zero-order valence-corrected chi connectivity index (χ0v) is 17.6. The van der Waals surface area contributed by atoms with Crippen LogP contribution < -0.4 is 16.4 Å². The Hall–Kier alpha value is -1.31. The Morgan fingerprint density at radius 1 is 1.32 bits per heavy atom. The summed E-state index contributed by atoms with van der Waals surface area (Å²) < 4.78 is 0. The van der Waals surface area contributed by atoms with Gasteiger partial charge in [-0.3, -0.25) is 4.79 Å². The van der Waals surface area contributed by atoms with E-state index in [0.29, 0.717) is 18.5 Å². The van der Waals surface area contributed by atoms with Gasteiger partial charge in [0.25, 0.3) is 0 Å². The van der Waals surface area contributed by atoms with Gasteiger partial charge in [0.1, 0.15) is 0 Å². The molecule has 0 saturated heterocycles. The van der Waals surface area contributed by atoms with Crippen LogP contribution >= 0.6 is 24.0 Å². The molecule has 1 saturated carbocycles. The number of benzene rings is 1. The number of hydrogen-bond acceptors (Lipinski definition) is 2. The van der Waals surface area contributed by atoms with Gasteiger partial charge < -0.3 is 16.4 Å². The fourth-order valence-electron chi connectivity index (χ4n) is 2.88. The molecule has 6 heteroatoms. The van der Waals surface area contributed by atoms with E-state index in [0.717, 1.165) is 17.7 Å². The summed E-state index contributed by atoms with van der Waals surface area (Å²) in [6, 6.07) is 8.25. The molecular weight excluding hydrogens is 427 g/mol. The normalized spacial score (nSPS) is 16.6. The maximum Gasteiger partial charge on any atom is 0.227 e. The van der Waals surface area contributed by atoms with Gasteiger partial charge in [-0.05, 0) is 37.0 Å². The fourth-order valence-corrected chi connectivity index (χ4v) is 2.88. The molecule has 1 aliphatic carbocycles. The second-order valence-electron chi connectivity index (χ2n) is 6.68. The van der Waals surface area contributed by atoms with Crippen molar-refractivity contribution in [2.75, 3.05) is 5.32 Å². The van der Waals surface area contributed by atoms with Crippen LogP contribution in [-0.2, 0) is 11.3 Å². The van der Waals surface area contributed by atoms with Crippen molar-refractivity contribution in [2.24, 2.45) is 16.6 Å². The Morgan fingerprint density at radius 2 is 2.04 bits per heavy atom. The number of halogens is 1. The molecule has 1 amide bonds. The topological polar surface area (TPSA) is 79.5 Å². The molecule has 2 rings (SSSR count). The highest BCUT2D eigenvalue weighted by Gasteiger charge is 2.13. The molecule has 1 aliphatic rings. The minimum absolute atomic E-state index is 0. The second-order valence-corrected chi connectivity index (χ2v) is 6.68. The number of hydrogen-bond donors (Lipinski definition) is 3. The largest absolute Gasteiger partial charge is 0.370 e. The van der Waals surface area contributed by atoms with Crippen LogP contribution in [0.3, 0.4) is 0 Å². The third kappa shape index (κ3) is 7.63. The molecule has 25 heavy (non-hydrogen) atoms. The summed E-state index contributed by atoms with van der Waals surface area (Å²) in [4.78, 5) is 16.4. The molecule has 0 radical (unpaired) electrons. The van der Waals surface area contributed by atoms with Gasteiger partial charge in [-0.1, -0.05) is 45.2 Å². The van der Waals surface area contributed by atoms with Crippen molar-refractivity contribution in [3.8, 4) is 0 Å². The summed E-state index contributed by atoms with van der Waals surface area (Å²) >= 11 is 0. The standard InChI is InChI=1S/C19H30N4O.HI/c1-3-14(2)18(24)22-17-11-7-8-15(12-17)13-21-19(20)23-16-9-5-4-6-10-16;/h7-8,11-12,14,16H,3-6,9-10,13H2,1-2H3,(H,22,24)(H3,20,21,23);1H. The molecule has 1 aromatic rings. The first-order chi connectivity index (χ1) is 11.6. The van der Waals surface area contributed by atoms with Crippen LogP contribution in [0, 0.1) is 5.92 Å². The van der Waals surface area contributed by atoms with E-state index in [-0.39, 0.29) is 35.8 Å². The van der Waals surface area contributed by atoms with E-state index < -0.39 is 0 Å². The summed E-state index contributed by atoms with van der Waals surface area (Å²) in [5, 5.41) is 6.27. The van der Waals surface area contributed by atoms with E-state index in [1.165, 1.54) is 32.1 Å². The molecule has 0 heterocycles. The molecular formula is C19H31IN4O. The molecule has 140 valence electrons. The molecule has 1 aromatic carbocycles. The molecule has 4 N–H and O–H groups in total. The van der Waals surface area contributed by atoms with Gasteiger partial charge in [-0.2, -0.15) is 0 Å². The van der Waals surface area contributed by atoms with Crippen molar-refractivity contribution < 1.29 is 4.79 Å². The van der Waals surface area contributed by atoms with Crippen LogP contribution in [0.25, 0.3) is 0 Å². The van der Waals surface area contributed by atoms with E-state index in [1.54, 1.807) is 0 Å². The number of nitrogens with one attached hydrogen (secondary N) is 2. The minimum atomic E-state index is 0. The predicted molar refractivity (Wildman–Crippen MR) is 115 cm³/mol. The molecule has 1 unspecified atom stereocenters. The smallest absolute Gasteiger partial charge is 0.227 e. The Labute approximate surface area is 168 Å². The van der Waals surface area contributed by atoms with Gasteiger partial charge in [0.15, 0.2) is 5.96 Å². The monoisotopic (exact) mass is 458 g/mol. The van der Waals surface area contributed by atoms with Crippen molar-refractivity contribution in [3.63, 3.8) is 0 Å². The number of anilines is 1. The number of amides is 1. The summed E-state index contributed by atoms with van der Waals surface area (Å²) in [6.07, 6.45) is 7.04. The highest BCUT2D eigenvalue weighted by Crippen LogP contribution is 2.17. The first-order valence-corrected chi connectivity index (χ1v) is 9.04. The van der Waals surface area contributed by atoms with Crippen LogP contribution in [-0.4, -0.2) is 17.9 Å². The fraction of sp³-hybridized carbons (Fsp3) is 0.579.